The molecule has 0 radical (unpaired) electrons. The third-order valence-electron chi connectivity index (χ3n) is 2.95. The molecule has 3 nitrogen and oxygen atoms in total. The fourth-order valence-corrected chi connectivity index (χ4v) is 1.95. The van der Waals surface area contributed by atoms with Crippen LogP contribution < -0.4 is 4.74 Å². The van der Waals surface area contributed by atoms with E-state index in [9.17, 15) is 5.26 Å². The van der Waals surface area contributed by atoms with Gasteiger partial charge in [-0.25, -0.2) is 0 Å². The van der Waals surface area contributed by atoms with Crippen LogP contribution in [0.25, 0.3) is 0 Å². The van der Waals surface area contributed by atoms with Crippen LogP contribution in [0.15, 0.2) is 24.3 Å². The Kier molecular flexibility index (Phi) is 6.24. The van der Waals surface area contributed by atoms with E-state index < -0.39 is 0 Å². The van der Waals surface area contributed by atoms with E-state index in [1.54, 1.807) is 0 Å². The summed E-state index contributed by atoms with van der Waals surface area (Å²) in [6.07, 6.45) is 0.988. The lowest BCUT2D eigenvalue weighted by Crippen LogP contribution is -2.27. The third-order valence-corrected chi connectivity index (χ3v) is 2.95. The number of hydrogen-bond acceptors (Lipinski definition) is 3. The molecule has 0 saturated carbocycles. The molecule has 0 heterocycles. The number of rotatable bonds is 7. The van der Waals surface area contributed by atoms with Crippen LogP contribution in [0.5, 0.6) is 5.75 Å². The van der Waals surface area contributed by atoms with Crippen LogP contribution >= 0.6 is 0 Å². The molecule has 98 valence electrons. The first-order chi connectivity index (χ1) is 8.76. The van der Waals surface area contributed by atoms with Gasteiger partial charge in [0.15, 0.2) is 0 Å². The molecule has 1 aromatic rings. The van der Waals surface area contributed by atoms with E-state index in [0.717, 1.165) is 30.8 Å². The molecule has 3 heteroatoms. The molecule has 0 aliphatic heterocycles. The Morgan fingerprint density at radius 2 is 2.00 bits per heavy atom. The summed E-state index contributed by atoms with van der Waals surface area (Å²) in [6.45, 7) is 8.68. The van der Waals surface area contributed by atoms with Crippen LogP contribution in [0.1, 0.15) is 38.8 Å². The summed E-state index contributed by atoms with van der Waals surface area (Å²) in [4.78, 5) is 2.14. The first-order valence-electron chi connectivity index (χ1n) is 6.63. The quantitative estimate of drug-likeness (QED) is 0.740. The molecule has 0 aliphatic carbocycles. The fraction of sp³-hybridized carbons (Fsp3) is 0.533. The molecule has 0 aromatic heterocycles. The zero-order valence-electron chi connectivity index (χ0n) is 11.5. The standard InChI is InChI=1S/C15H22N2O/c1-4-10-18-14-9-7-8-13(11-14)15(12-16)17(5-2)6-3/h7-9,11,15H,4-6,10H2,1-3H3. The van der Waals surface area contributed by atoms with E-state index in [4.69, 9.17) is 4.74 Å². The highest BCUT2D eigenvalue weighted by Crippen LogP contribution is 2.23. The minimum Gasteiger partial charge on any atom is -0.494 e. The summed E-state index contributed by atoms with van der Waals surface area (Å²) in [5, 5.41) is 9.35. The van der Waals surface area contributed by atoms with Gasteiger partial charge in [0.2, 0.25) is 0 Å². The molecule has 1 aromatic carbocycles. The van der Waals surface area contributed by atoms with Gasteiger partial charge in [-0.2, -0.15) is 5.26 Å². The summed E-state index contributed by atoms with van der Waals surface area (Å²) >= 11 is 0. The second-order valence-electron chi connectivity index (χ2n) is 4.17. The summed E-state index contributed by atoms with van der Waals surface area (Å²) in [7, 11) is 0. The second kappa shape index (κ2) is 7.73. The van der Waals surface area contributed by atoms with Crippen LogP contribution in [0.2, 0.25) is 0 Å². The van der Waals surface area contributed by atoms with Crippen molar-refractivity contribution in [3.05, 3.63) is 29.8 Å². The van der Waals surface area contributed by atoms with Crippen molar-refractivity contribution in [2.24, 2.45) is 0 Å². The van der Waals surface area contributed by atoms with Gasteiger partial charge >= 0.3 is 0 Å². The minimum atomic E-state index is -0.190. The van der Waals surface area contributed by atoms with Crippen LogP contribution in [0, 0.1) is 11.3 Å². The van der Waals surface area contributed by atoms with E-state index in [2.05, 4.69) is 31.7 Å². The number of hydrogen-bond donors (Lipinski definition) is 0. The van der Waals surface area contributed by atoms with Crippen molar-refractivity contribution in [1.29, 1.82) is 5.26 Å². The number of benzene rings is 1. The highest BCUT2D eigenvalue weighted by Gasteiger charge is 2.17. The van der Waals surface area contributed by atoms with E-state index in [1.165, 1.54) is 0 Å². The Balaban J connectivity index is 2.89. The fourth-order valence-electron chi connectivity index (χ4n) is 1.95. The Labute approximate surface area is 110 Å². The van der Waals surface area contributed by atoms with Gasteiger partial charge in [0.1, 0.15) is 11.8 Å². The number of nitriles is 1. The Bertz CT molecular complexity index is 394. The summed E-state index contributed by atoms with van der Waals surface area (Å²) < 4.78 is 5.61. The summed E-state index contributed by atoms with van der Waals surface area (Å²) in [5.74, 6) is 0.849. The average Bonchev–Trinajstić information content (AvgIpc) is 2.42. The molecule has 1 rings (SSSR count). The maximum Gasteiger partial charge on any atom is 0.123 e. The van der Waals surface area contributed by atoms with E-state index >= 15 is 0 Å². The molecular weight excluding hydrogens is 224 g/mol. The monoisotopic (exact) mass is 246 g/mol. The van der Waals surface area contributed by atoms with Crippen molar-refractivity contribution in [2.45, 2.75) is 33.2 Å². The Morgan fingerprint density at radius 1 is 1.28 bits per heavy atom. The van der Waals surface area contributed by atoms with E-state index in [0.29, 0.717) is 6.61 Å². The zero-order valence-corrected chi connectivity index (χ0v) is 11.5. The van der Waals surface area contributed by atoms with Crippen molar-refractivity contribution in [3.8, 4) is 11.8 Å². The molecule has 0 saturated heterocycles. The molecule has 0 N–H and O–H groups in total. The van der Waals surface area contributed by atoms with Crippen molar-refractivity contribution in [2.75, 3.05) is 19.7 Å². The van der Waals surface area contributed by atoms with Crippen LogP contribution in [-0.2, 0) is 0 Å². The maximum atomic E-state index is 9.35. The molecule has 18 heavy (non-hydrogen) atoms. The SMILES string of the molecule is CCCOc1cccc(C(C#N)N(CC)CC)c1. The highest BCUT2D eigenvalue weighted by atomic mass is 16.5. The minimum absolute atomic E-state index is 0.190. The van der Waals surface area contributed by atoms with Crippen LogP contribution in [-0.4, -0.2) is 24.6 Å². The van der Waals surface area contributed by atoms with Crippen molar-refractivity contribution >= 4 is 0 Å². The van der Waals surface area contributed by atoms with Gasteiger partial charge in [-0.05, 0) is 37.2 Å². The summed E-state index contributed by atoms with van der Waals surface area (Å²) in [6, 6.07) is 10.0. The van der Waals surface area contributed by atoms with Gasteiger partial charge in [-0.3, -0.25) is 4.90 Å². The van der Waals surface area contributed by atoms with Gasteiger partial charge in [0.25, 0.3) is 0 Å². The van der Waals surface area contributed by atoms with Crippen LogP contribution in [0.3, 0.4) is 0 Å². The molecule has 0 fully saturated rings. The predicted molar refractivity (Wildman–Crippen MR) is 73.5 cm³/mol. The second-order valence-corrected chi connectivity index (χ2v) is 4.17. The van der Waals surface area contributed by atoms with Gasteiger partial charge in [0.05, 0.1) is 12.7 Å². The predicted octanol–water partition coefficient (Wildman–Crippen LogP) is 3.38. The Morgan fingerprint density at radius 3 is 2.56 bits per heavy atom. The van der Waals surface area contributed by atoms with E-state index in [-0.39, 0.29) is 6.04 Å². The topological polar surface area (TPSA) is 36.3 Å². The maximum absolute atomic E-state index is 9.35. The average molecular weight is 246 g/mol. The normalized spacial score (nSPS) is 12.2. The smallest absolute Gasteiger partial charge is 0.123 e. The lowest BCUT2D eigenvalue weighted by atomic mass is 10.1. The number of ether oxygens (including phenoxy) is 1. The summed E-state index contributed by atoms with van der Waals surface area (Å²) in [5.41, 5.74) is 1.01. The molecular formula is C15H22N2O. The highest BCUT2D eigenvalue weighted by molar-refractivity contribution is 5.33. The van der Waals surface area contributed by atoms with Gasteiger partial charge in [-0.1, -0.05) is 32.9 Å². The lowest BCUT2D eigenvalue weighted by Gasteiger charge is -2.24. The first kappa shape index (κ1) is 14.5. The van der Waals surface area contributed by atoms with E-state index in [1.807, 2.05) is 24.3 Å². The third kappa shape index (κ3) is 3.75. The molecule has 1 atom stereocenters. The van der Waals surface area contributed by atoms with Gasteiger partial charge in [0, 0.05) is 0 Å². The Hall–Kier alpha value is -1.53. The molecule has 0 aliphatic rings. The van der Waals surface area contributed by atoms with Gasteiger partial charge < -0.3 is 4.74 Å². The largest absolute Gasteiger partial charge is 0.494 e. The molecule has 1 unspecified atom stereocenters. The van der Waals surface area contributed by atoms with Crippen molar-refractivity contribution in [3.63, 3.8) is 0 Å². The molecule has 0 spiro atoms. The number of nitrogens with zero attached hydrogens (tertiary/aromatic N) is 2. The van der Waals surface area contributed by atoms with Crippen LogP contribution in [0.4, 0.5) is 0 Å². The van der Waals surface area contributed by atoms with Crippen molar-refractivity contribution < 1.29 is 4.74 Å². The lowest BCUT2D eigenvalue weighted by molar-refractivity contribution is 0.261. The van der Waals surface area contributed by atoms with Crippen molar-refractivity contribution in [1.82, 2.24) is 4.90 Å². The zero-order chi connectivity index (χ0) is 13.4. The first-order valence-corrected chi connectivity index (χ1v) is 6.63. The molecule has 0 amide bonds. The molecule has 0 bridgehead atoms. The van der Waals surface area contributed by atoms with Gasteiger partial charge in [-0.15, -0.1) is 0 Å².